The highest BCUT2D eigenvalue weighted by molar-refractivity contribution is 5.75. The Balaban J connectivity index is 2.36. The molecule has 1 fully saturated rings. The van der Waals surface area contributed by atoms with Crippen LogP contribution < -0.4 is 5.32 Å². The van der Waals surface area contributed by atoms with E-state index in [4.69, 9.17) is 9.84 Å². The first-order valence-electron chi connectivity index (χ1n) is 6.88. The predicted molar refractivity (Wildman–Crippen MR) is 71.1 cm³/mol. The van der Waals surface area contributed by atoms with Crippen molar-refractivity contribution in [1.29, 1.82) is 0 Å². The van der Waals surface area contributed by atoms with Gasteiger partial charge in [0.1, 0.15) is 0 Å². The van der Waals surface area contributed by atoms with Gasteiger partial charge in [-0.1, -0.05) is 0 Å². The van der Waals surface area contributed by atoms with Crippen molar-refractivity contribution in [3.8, 4) is 0 Å². The van der Waals surface area contributed by atoms with Gasteiger partial charge in [0.25, 0.3) is 0 Å². The summed E-state index contributed by atoms with van der Waals surface area (Å²) < 4.78 is 5.54. The molecule has 1 saturated heterocycles. The number of hydrogen-bond acceptors (Lipinski definition) is 3. The minimum atomic E-state index is -0.894. The quantitative estimate of drug-likeness (QED) is 0.767. The maximum absolute atomic E-state index is 12.0. The van der Waals surface area contributed by atoms with Gasteiger partial charge in [-0.25, -0.2) is 4.79 Å². The zero-order valence-corrected chi connectivity index (χ0v) is 11.7. The first-order valence-corrected chi connectivity index (χ1v) is 6.88. The number of carboxylic acids is 1. The minimum absolute atomic E-state index is 0.0216. The highest BCUT2D eigenvalue weighted by Gasteiger charge is 2.20. The monoisotopic (exact) mass is 272 g/mol. The van der Waals surface area contributed by atoms with Gasteiger partial charge in [-0.3, -0.25) is 4.79 Å². The summed E-state index contributed by atoms with van der Waals surface area (Å²) in [6.07, 6.45) is 3.24. The van der Waals surface area contributed by atoms with Gasteiger partial charge in [0.15, 0.2) is 0 Å². The summed E-state index contributed by atoms with van der Waals surface area (Å²) in [4.78, 5) is 24.1. The van der Waals surface area contributed by atoms with Crippen molar-refractivity contribution in [1.82, 2.24) is 10.2 Å². The Morgan fingerprint density at radius 3 is 2.68 bits per heavy atom. The summed E-state index contributed by atoms with van der Waals surface area (Å²) >= 11 is 0. The molecule has 0 aromatic heterocycles. The van der Waals surface area contributed by atoms with Crippen molar-refractivity contribution in [2.24, 2.45) is 0 Å². The van der Waals surface area contributed by atoms with E-state index in [2.05, 4.69) is 5.32 Å². The Labute approximate surface area is 114 Å². The number of ether oxygens (including phenoxy) is 1. The number of carboxylic acid groups (broad SMARTS) is 1. The van der Waals surface area contributed by atoms with Crippen LogP contribution in [0.5, 0.6) is 0 Å². The van der Waals surface area contributed by atoms with Gasteiger partial charge in [0.05, 0.1) is 12.5 Å². The molecule has 1 heterocycles. The van der Waals surface area contributed by atoms with Crippen LogP contribution >= 0.6 is 0 Å². The molecule has 6 nitrogen and oxygen atoms in total. The molecule has 6 heteroatoms. The first-order chi connectivity index (χ1) is 9.00. The lowest BCUT2D eigenvalue weighted by atomic mass is 10.1. The van der Waals surface area contributed by atoms with Crippen LogP contribution in [0, 0.1) is 0 Å². The molecule has 110 valence electrons. The Morgan fingerprint density at radius 2 is 2.16 bits per heavy atom. The lowest BCUT2D eigenvalue weighted by Crippen LogP contribution is -2.47. The normalized spacial score (nSPS) is 19.2. The molecule has 2 amide bonds. The van der Waals surface area contributed by atoms with E-state index in [0.29, 0.717) is 6.54 Å². The van der Waals surface area contributed by atoms with E-state index in [0.717, 1.165) is 25.9 Å². The number of aliphatic carboxylic acids is 1. The number of nitrogens with zero attached hydrogens (tertiary/aromatic N) is 1. The van der Waals surface area contributed by atoms with Crippen LogP contribution in [-0.4, -0.2) is 53.8 Å². The molecule has 1 aliphatic heterocycles. The topological polar surface area (TPSA) is 78.9 Å². The molecule has 0 spiro atoms. The molecule has 0 aromatic carbocycles. The molecule has 0 radical (unpaired) electrons. The second-order valence-electron chi connectivity index (χ2n) is 5.11. The van der Waals surface area contributed by atoms with E-state index >= 15 is 0 Å². The average Bonchev–Trinajstić information content (AvgIpc) is 2.37. The van der Waals surface area contributed by atoms with Crippen molar-refractivity contribution in [2.75, 3.05) is 19.7 Å². The van der Waals surface area contributed by atoms with Gasteiger partial charge >= 0.3 is 12.0 Å². The Morgan fingerprint density at radius 1 is 1.42 bits per heavy atom. The highest BCUT2D eigenvalue weighted by Crippen LogP contribution is 2.11. The molecule has 0 aliphatic carbocycles. The van der Waals surface area contributed by atoms with Gasteiger partial charge in [-0.05, 0) is 33.1 Å². The Kier molecular flexibility index (Phi) is 6.62. The van der Waals surface area contributed by atoms with Crippen molar-refractivity contribution >= 4 is 12.0 Å². The maximum atomic E-state index is 12.0. The fourth-order valence-corrected chi connectivity index (χ4v) is 2.08. The first kappa shape index (κ1) is 15.8. The Hall–Kier alpha value is -1.30. The van der Waals surface area contributed by atoms with Crippen LogP contribution in [0.25, 0.3) is 0 Å². The van der Waals surface area contributed by atoms with E-state index in [-0.39, 0.29) is 31.1 Å². The van der Waals surface area contributed by atoms with E-state index < -0.39 is 5.97 Å². The SMILES string of the molecule is CC(C)N(CCC(=O)O)C(=O)NCC1CCCCO1. The largest absolute Gasteiger partial charge is 0.481 e. The molecular formula is C13H24N2O4. The molecule has 0 bridgehead atoms. The van der Waals surface area contributed by atoms with Crippen molar-refractivity contribution in [2.45, 2.75) is 51.7 Å². The number of carbonyl (C=O) groups excluding carboxylic acids is 1. The number of amides is 2. The van der Waals surface area contributed by atoms with Gasteiger partial charge in [-0.15, -0.1) is 0 Å². The summed E-state index contributed by atoms with van der Waals surface area (Å²) in [5.41, 5.74) is 0. The number of nitrogens with one attached hydrogen (secondary N) is 1. The van der Waals surface area contributed by atoms with Gasteiger partial charge < -0.3 is 20.1 Å². The highest BCUT2D eigenvalue weighted by atomic mass is 16.5. The summed E-state index contributed by atoms with van der Waals surface area (Å²) in [5, 5.41) is 11.5. The lowest BCUT2D eigenvalue weighted by molar-refractivity contribution is -0.137. The Bertz CT molecular complexity index is 301. The summed E-state index contributed by atoms with van der Waals surface area (Å²) in [6.45, 7) is 5.23. The van der Waals surface area contributed by atoms with Gasteiger partial charge in [0, 0.05) is 25.7 Å². The van der Waals surface area contributed by atoms with Crippen molar-refractivity contribution < 1.29 is 19.4 Å². The zero-order valence-electron chi connectivity index (χ0n) is 11.7. The molecule has 1 aliphatic rings. The third-order valence-electron chi connectivity index (χ3n) is 3.21. The lowest BCUT2D eigenvalue weighted by Gasteiger charge is -2.28. The van der Waals surface area contributed by atoms with Crippen LogP contribution in [0.15, 0.2) is 0 Å². The third kappa shape index (κ3) is 5.92. The average molecular weight is 272 g/mol. The second kappa shape index (κ2) is 7.99. The standard InChI is InChI=1S/C13H24N2O4/c1-10(2)15(7-6-12(16)17)13(18)14-9-11-5-3-4-8-19-11/h10-11H,3-9H2,1-2H3,(H,14,18)(H,16,17). The van der Waals surface area contributed by atoms with Crippen LogP contribution in [0.3, 0.4) is 0 Å². The van der Waals surface area contributed by atoms with Gasteiger partial charge in [0.2, 0.25) is 0 Å². The van der Waals surface area contributed by atoms with E-state index in [1.165, 1.54) is 4.90 Å². The maximum Gasteiger partial charge on any atom is 0.317 e. The van der Waals surface area contributed by atoms with Crippen LogP contribution in [0.1, 0.15) is 39.5 Å². The molecule has 1 rings (SSSR count). The number of rotatable bonds is 6. The number of carbonyl (C=O) groups is 2. The fraction of sp³-hybridized carbons (Fsp3) is 0.846. The molecule has 1 unspecified atom stereocenters. The number of urea groups is 1. The number of hydrogen-bond donors (Lipinski definition) is 2. The van der Waals surface area contributed by atoms with Crippen LogP contribution in [-0.2, 0) is 9.53 Å². The molecule has 0 aromatic rings. The van der Waals surface area contributed by atoms with Crippen molar-refractivity contribution in [3.63, 3.8) is 0 Å². The molecule has 0 saturated carbocycles. The molecule has 2 N–H and O–H groups in total. The van der Waals surface area contributed by atoms with E-state index in [9.17, 15) is 9.59 Å². The minimum Gasteiger partial charge on any atom is -0.481 e. The van der Waals surface area contributed by atoms with Crippen LogP contribution in [0.2, 0.25) is 0 Å². The zero-order chi connectivity index (χ0) is 14.3. The summed E-state index contributed by atoms with van der Waals surface area (Å²) in [6, 6.07) is -0.239. The summed E-state index contributed by atoms with van der Waals surface area (Å²) in [5.74, 6) is -0.894. The third-order valence-corrected chi connectivity index (χ3v) is 3.21. The predicted octanol–water partition coefficient (Wildman–Crippen LogP) is 1.45. The molecular weight excluding hydrogens is 248 g/mol. The molecule has 19 heavy (non-hydrogen) atoms. The van der Waals surface area contributed by atoms with E-state index in [1.807, 2.05) is 13.8 Å². The smallest absolute Gasteiger partial charge is 0.317 e. The van der Waals surface area contributed by atoms with Crippen LogP contribution in [0.4, 0.5) is 4.79 Å². The van der Waals surface area contributed by atoms with Crippen molar-refractivity contribution in [3.05, 3.63) is 0 Å². The second-order valence-corrected chi connectivity index (χ2v) is 5.11. The van der Waals surface area contributed by atoms with E-state index in [1.54, 1.807) is 0 Å². The summed E-state index contributed by atoms with van der Waals surface area (Å²) in [7, 11) is 0. The fourth-order valence-electron chi connectivity index (χ4n) is 2.08. The molecule has 1 atom stereocenters. The van der Waals surface area contributed by atoms with Gasteiger partial charge in [-0.2, -0.15) is 0 Å².